The molecule has 6 rings (SSSR count). The molecule has 3 aromatic carbocycles. The summed E-state index contributed by atoms with van der Waals surface area (Å²) in [4.78, 5) is 50.6. The molecule has 0 saturated carbocycles. The molecule has 3 N–H and O–H groups in total. The van der Waals surface area contributed by atoms with Gasteiger partial charge in [-0.1, -0.05) is 30.3 Å². The number of aliphatic hydroxyl groups excluding tert-OH is 1. The maximum Gasteiger partial charge on any atom is 0.308 e. The molecule has 0 radical (unpaired) electrons. The van der Waals surface area contributed by atoms with Gasteiger partial charge in [-0.2, -0.15) is 0 Å². The number of nitrogens with one attached hydrogen (secondary N) is 2. The van der Waals surface area contributed by atoms with Crippen LogP contribution in [0.1, 0.15) is 109 Å². The number of piperidine rings is 1. The zero-order chi connectivity index (χ0) is 49.0. The summed E-state index contributed by atoms with van der Waals surface area (Å²) in [5.74, 6) is -0.838. The Bertz CT molecular complexity index is 2250. The highest BCUT2D eigenvalue weighted by atomic mass is 16.6. The smallest absolute Gasteiger partial charge is 0.308 e. The molecule has 2 aliphatic rings. The van der Waals surface area contributed by atoms with Crippen LogP contribution in [-0.2, 0) is 34.9 Å². The molecule has 2 atom stereocenters. The number of esters is 1. The average Bonchev–Trinajstić information content (AvgIpc) is 3.35. The zero-order valence-electron chi connectivity index (χ0n) is 41.4. The largest absolute Gasteiger partial charge is 0.460 e. The average molecular weight is 951 g/mol. The lowest BCUT2D eigenvalue weighted by Gasteiger charge is -2.30. The molecule has 2 amide bonds. The second-order valence-corrected chi connectivity index (χ2v) is 18.7. The number of amides is 2. The lowest BCUT2D eigenvalue weighted by Crippen LogP contribution is -2.39. The monoisotopic (exact) mass is 951 g/mol. The minimum absolute atomic E-state index is 0.0316. The topological polar surface area (TPSA) is 164 Å². The Morgan fingerprint density at radius 2 is 1.52 bits per heavy atom. The van der Waals surface area contributed by atoms with E-state index in [1.165, 1.54) is 17.5 Å². The summed E-state index contributed by atoms with van der Waals surface area (Å²) in [5, 5.41) is 18.1. The molecule has 0 spiro atoms. The summed E-state index contributed by atoms with van der Waals surface area (Å²) >= 11 is 0. The molecular weight excluding hydrogens is 877 g/mol. The Hall–Kier alpha value is -5.26. The molecule has 15 nitrogen and oxygen atoms in total. The summed E-state index contributed by atoms with van der Waals surface area (Å²) in [6.07, 6.45) is 7.44. The van der Waals surface area contributed by atoms with Gasteiger partial charge in [0.2, 0.25) is 0 Å². The van der Waals surface area contributed by atoms with Crippen LogP contribution < -0.4 is 15.5 Å². The Balaban J connectivity index is 1.02. The van der Waals surface area contributed by atoms with Crippen LogP contribution >= 0.6 is 0 Å². The second kappa shape index (κ2) is 27.2. The number of likely N-dealkylation sites (N-methyl/N-ethyl adjacent to an activating group) is 1. The van der Waals surface area contributed by atoms with Crippen LogP contribution in [0.3, 0.4) is 0 Å². The van der Waals surface area contributed by atoms with E-state index in [0.717, 1.165) is 56.4 Å². The third kappa shape index (κ3) is 17.0. The van der Waals surface area contributed by atoms with Crippen molar-refractivity contribution in [3.63, 3.8) is 0 Å². The summed E-state index contributed by atoms with van der Waals surface area (Å²) < 4.78 is 27.5. The highest BCUT2D eigenvalue weighted by Crippen LogP contribution is 2.35. The maximum absolute atomic E-state index is 14.1. The Labute approximate surface area is 408 Å². The number of nitrogens with zero attached hydrogens (tertiary/aromatic N) is 4. The first-order valence-electron chi connectivity index (χ1n) is 24.6. The molecule has 1 unspecified atom stereocenters. The third-order valence-electron chi connectivity index (χ3n) is 12.3. The zero-order valence-corrected chi connectivity index (χ0v) is 41.4. The lowest BCUT2D eigenvalue weighted by molar-refractivity contribution is -0.156. The van der Waals surface area contributed by atoms with Crippen molar-refractivity contribution in [3.8, 4) is 11.3 Å². The summed E-state index contributed by atoms with van der Waals surface area (Å²) in [5.41, 5.74) is 6.47. The van der Waals surface area contributed by atoms with Gasteiger partial charge in [0.15, 0.2) is 0 Å². The number of rotatable bonds is 26. The Morgan fingerprint density at radius 1 is 0.797 bits per heavy atom. The summed E-state index contributed by atoms with van der Waals surface area (Å²) in [6, 6.07) is 25.0. The number of carbonyl (C=O) groups is 3. The molecule has 1 fully saturated rings. The van der Waals surface area contributed by atoms with Crippen LogP contribution in [0.25, 0.3) is 11.3 Å². The van der Waals surface area contributed by atoms with Gasteiger partial charge < -0.3 is 43.9 Å². The number of hydrogen-bond donors (Lipinski definition) is 3. The van der Waals surface area contributed by atoms with Crippen LogP contribution in [0, 0.1) is 0 Å². The minimum Gasteiger partial charge on any atom is -0.460 e. The van der Waals surface area contributed by atoms with Gasteiger partial charge >= 0.3 is 5.97 Å². The fourth-order valence-corrected chi connectivity index (χ4v) is 8.62. The van der Waals surface area contributed by atoms with Crippen molar-refractivity contribution in [2.24, 2.45) is 0 Å². The Kier molecular flexibility index (Phi) is 20.9. The van der Waals surface area contributed by atoms with E-state index in [-0.39, 0.29) is 36.9 Å². The number of ether oxygens (including phenoxy) is 5. The number of hydrogen-bond acceptors (Lipinski definition) is 13. The van der Waals surface area contributed by atoms with E-state index in [0.29, 0.717) is 93.9 Å². The molecule has 69 heavy (non-hydrogen) atoms. The standard InChI is InChI=1S/C54H74N6O9/c1-54(2,3)69-50(61)22-30-66-33-35-68-36-34-67-32-29-59(28-31-65-5)27-26-58(4)53(64)43-16-11-15-41(37-43)51(62)57-48-20-19-44(60-24-9-6-10-25-60)39-46(48)49-38-42(21-23-55-49)52(63)56-47-18-12-14-40-13-7-8-17-45(40)47/h7-8,11,13,15-17,19-21,23,37-39,47,52,56,63H,6,9-10,12,14,18,22,24-36H2,1-5H3,(H,57,62)/t47-,52?/m0/s1. The quantitative estimate of drug-likeness (QED) is 0.0324. The van der Waals surface area contributed by atoms with Crippen LogP contribution in [0.15, 0.2) is 85.1 Å². The van der Waals surface area contributed by atoms with Gasteiger partial charge in [0.05, 0.1) is 64.1 Å². The molecule has 1 aliphatic carbocycles. The van der Waals surface area contributed by atoms with Crippen molar-refractivity contribution >= 4 is 29.2 Å². The summed E-state index contributed by atoms with van der Waals surface area (Å²) in [7, 11) is 3.42. The van der Waals surface area contributed by atoms with Crippen LogP contribution in [0.5, 0.6) is 0 Å². The summed E-state index contributed by atoms with van der Waals surface area (Å²) in [6.45, 7) is 12.7. The number of aromatic nitrogens is 1. The molecule has 1 aliphatic heterocycles. The fourth-order valence-electron chi connectivity index (χ4n) is 8.62. The number of pyridine rings is 1. The molecule has 4 aromatic rings. The molecule has 1 saturated heterocycles. The van der Waals surface area contributed by atoms with E-state index in [1.807, 2.05) is 51.1 Å². The number of aryl methyl sites for hydroxylation is 1. The van der Waals surface area contributed by atoms with Crippen LogP contribution in [0.2, 0.25) is 0 Å². The molecule has 0 bridgehead atoms. The number of anilines is 2. The van der Waals surface area contributed by atoms with Crippen molar-refractivity contribution < 1.29 is 43.2 Å². The molecule has 15 heteroatoms. The van der Waals surface area contributed by atoms with Crippen molar-refractivity contribution in [2.45, 2.75) is 83.6 Å². The van der Waals surface area contributed by atoms with Gasteiger partial charge in [0, 0.05) is 88.0 Å². The van der Waals surface area contributed by atoms with E-state index >= 15 is 0 Å². The SMILES string of the molecule is COCCN(CCOCCOCCOCCC(=O)OC(C)(C)C)CCN(C)C(=O)c1cccc(C(=O)Nc2ccc(N3CCCCC3)cc2-c2cc(C(O)N[C@H]3CCCc4ccccc43)ccn2)c1. The van der Waals surface area contributed by atoms with Crippen LogP contribution in [0.4, 0.5) is 11.4 Å². The molecular formula is C54H74N6O9. The van der Waals surface area contributed by atoms with Crippen molar-refractivity contribution in [1.82, 2.24) is 20.1 Å². The predicted molar refractivity (Wildman–Crippen MR) is 269 cm³/mol. The maximum atomic E-state index is 14.1. The number of methoxy groups -OCH3 is 1. The van der Waals surface area contributed by atoms with E-state index in [9.17, 15) is 19.5 Å². The minimum atomic E-state index is -0.924. The lowest BCUT2D eigenvalue weighted by atomic mass is 9.87. The highest BCUT2D eigenvalue weighted by molar-refractivity contribution is 6.08. The predicted octanol–water partition coefficient (Wildman–Crippen LogP) is 7.45. The third-order valence-corrected chi connectivity index (χ3v) is 12.3. The first-order valence-corrected chi connectivity index (χ1v) is 24.6. The first-order chi connectivity index (χ1) is 33.4. The van der Waals surface area contributed by atoms with Gasteiger partial charge in [-0.15, -0.1) is 0 Å². The van der Waals surface area contributed by atoms with Gasteiger partial charge in [-0.05, 0) is 125 Å². The molecule has 2 heterocycles. The van der Waals surface area contributed by atoms with E-state index in [2.05, 4.69) is 44.7 Å². The fraction of sp³-hybridized carbons (Fsp3) is 0.519. The van der Waals surface area contributed by atoms with Crippen molar-refractivity contribution in [1.29, 1.82) is 0 Å². The van der Waals surface area contributed by atoms with E-state index < -0.39 is 11.8 Å². The number of benzene rings is 3. The number of carbonyl (C=O) groups excluding carboxylic acids is 3. The van der Waals surface area contributed by atoms with E-state index in [4.69, 9.17) is 28.7 Å². The highest BCUT2D eigenvalue weighted by Gasteiger charge is 2.24. The first kappa shape index (κ1) is 53.1. The van der Waals surface area contributed by atoms with E-state index in [1.54, 1.807) is 49.5 Å². The number of fused-ring (bicyclic) bond motifs is 1. The van der Waals surface area contributed by atoms with Crippen LogP contribution in [-0.4, -0.2) is 143 Å². The van der Waals surface area contributed by atoms with Gasteiger partial charge in [-0.3, -0.25) is 29.6 Å². The molecule has 1 aromatic heterocycles. The van der Waals surface area contributed by atoms with Gasteiger partial charge in [0.25, 0.3) is 11.8 Å². The Morgan fingerprint density at radius 3 is 2.29 bits per heavy atom. The second-order valence-electron chi connectivity index (χ2n) is 18.7. The van der Waals surface area contributed by atoms with Gasteiger partial charge in [0.1, 0.15) is 11.8 Å². The number of aliphatic hydroxyl groups is 1. The van der Waals surface area contributed by atoms with Crippen molar-refractivity contribution in [3.05, 3.63) is 113 Å². The van der Waals surface area contributed by atoms with Gasteiger partial charge in [-0.25, -0.2) is 0 Å². The normalized spacial score (nSPS) is 15.4. The molecule has 374 valence electrons. The van der Waals surface area contributed by atoms with Crippen molar-refractivity contribution in [2.75, 3.05) is 110 Å².